The monoisotopic (exact) mass is 495 g/mol. The highest BCUT2D eigenvalue weighted by Gasteiger charge is 2.47. The molecule has 1 saturated heterocycles. The summed E-state index contributed by atoms with van der Waals surface area (Å²) in [6.07, 6.45) is 8.60. The molecule has 1 amide bonds. The van der Waals surface area contributed by atoms with Crippen LogP contribution in [0, 0.1) is 11.8 Å². The molecule has 3 aromatic heterocycles. The molecule has 35 heavy (non-hydrogen) atoms. The summed E-state index contributed by atoms with van der Waals surface area (Å²) in [6, 6.07) is 2.26. The van der Waals surface area contributed by atoms with Gasteiger partial charge >= 0.3 is 5.97 Å². The molecule has 0 bridgehead atoms. The van der Waals surface area contributed by atoms with Gasteiger partial charge in [-0.25, -0.2) is 9.97 Å². The van der Waals surface area contributed by atoms with Crippen LogP contribution in [0.1, 0.15) is 43.9 Å². The maximum Gasteiger partial charge on any atom is 0.315 e. The van der Waals surface area contributed by atoms with Crippen LogP contribution in [0.2, 0.25) is 0 Å². The van der Waals surface area contributed by atoms with Gasteiger partial charge in [0.05, 0.1) is 11.3 Å². The van der Waals surface area contributed by atoms with Gasteiger partial charge < -0.3 is 25.4 Å². The number of amides is 1. The molecule has 0 spiro atoms. The quantitative estimate of drug-likeness (QED) is 0.413. The third-order valence-electron chi connectivity index (χ3n) is 8.18. The van der Waals surface area contributed by atoms with Gasteiger partial charge in [-0.2, -0.15) is 0 Å². The number of rotatable bonds is 6. The molecule has 0 aromatic carbocycles. The molecule has 3 fully saturated rings. The summed E-state index contributed by atoms with van der Waals surface area (Å²) in [5.74, 6) is -0.109. The Morgan fingerprint density at radius 1 is 1.23 bits per heavy atom. The first-order valence-electron chi connectivity index (χ1n) is 12.3. The number of carboxylic acids is 1. The number of hydrogen-bond donors (Lipinski definition) is 4. The smallest absolute Gasteiger partial charge is 0.315 e. The van der Waals surface area contributed by atoms with Crippen LogP contribution in [0.25, 0.3) is 21.6 Å². The van der Waals surface area contributed by atoms with Gasteiger partial charge in [-0.15, -0.1) is 11.3 Å². The minimum atomic E-state index is -0.951. The minimum absolute atomic E-state index is 0.181. The second-order valence-corrected chi connectivity index (χ2v) is 11.3. The Labute approximate surface area is 206 Å². The van der Waals surface area contributed by atoms with E-state index < -0.39 is 17.5 Å². The zero-order valence-electron chi connectivity index (χ0n) is 19.5. The first kappa shape index (κ1) is 22.5. The van der Waals surface area contributed by atoms with Crippen LogP contribution >= 0.6 is 11.3 Å². The van der Waals surface area contributed by atoms with Crippen molar-refractivity contribution in [1.29, 1.82) is 0 Å². The van der Waals surface area contributed by atoms with Crippen molar-refractivity contribution in [3.05, 3.63) is 29.5 Å². The number of fused-ring (bicyclic) bond motifs is 2. The lowest BCUT2D eigenvalue weighted by Crippen LogP contribution is -2.41. The average Bonchev–Trinajstić information content (AvgIpc) is 3.55. The normalized spacial score (nSPS) is 25.9. The van der Waals surface area contributed by atoms with Crippen LogP contribution in [0.5, 0.6) is 0 Å². The lowest BCUT2D eigenvalue weighted by Gasteiger charge is -2.36. The number of likely N-dealkylation sites (tertiary alicyclic amines) is 1. The number of carbonyl (C=O) groups excluding carboxylic acids is 1. The third kappa shape index (κ3) is 3.61. The van der Waals surface area contributed by atoms with Gasteiger partial charge in [0.1, 0.15) is 22.2 Å². The molecule has 1 aliphatic heterocycles. The van der Waals surface area contributed by atoms with Gasteiger partial charge in [0.25, 0.3) is 5.91 Å². The number of carboxylic acid groups (broad SMARTS) is 1. The van der Waals surface area contributed by atoms with Gasteiger partial charge in [-0.05, 0) is 50.5 Å². The maximum absolute atomic E-state index is 12.2. The number of pyridine rings is 1. The van der Waals surface area contributed by atoms with E-state index in [4.69, 9.17) is 0 Å². The number of aliphatic hydroxyl groups is 1. The Balaban J connectivity index is 1.27. The minimum Gasteiger partial charge on any atom is -0.481 e. The largest absolute Gasteiger partial charge is 0.481 e. The van der Waals surface area contributed by atoms with Crippen LogP contribution in [0.4, 0.5) is 5.69 Å². The molecule has 2 aliphatic carbocycles. The van der Waals surface area contributed by atoms with Crippen molar-refractivity contribution in [2.24, 2.45) is 11.8 Å². The Kier molecular flexibility index (Phi) is 5.33. The van der Waals surface area contributed by atoms with Crippen molar-refractivity contribution in [2.75, 3.05) is 18.4 Å². The highest BCUT2D eigenvalue weighted by atomic mass is 32.1. The van der Waals surface area contributed by atoms with Crippen molar-refractivity contribution < 1.29 is 19.8 Å². The standard InChI is InChI=1S/C25H29N5O4S/c1-13(31)23(32)30-11-14-7-16(8-15(14)12-30)29-20-17-3-6-26-21(17)27-9-18(20)22-28-10-19(35-22)25(24(33)34)4-2-5-25/h3,6,9-10,13-16,31H,2,4-5,7-8,11-12H2,1H3,(H,33,34)(H2,26,27,29)/t13-,14-,15+,16?/m0/s1. The summed E-state index contributed by atoms with van der Waals surface area (Å²) in [5, 5.41) is 25.0. The van der Waals surface area contributed by atoms with E-state index in [1.807, 2.05) is 18.5 Å². The van der Waals surface area contributed by atoms with Gasteiger partial charge in [-0.3, -0.25) is 9.59 Å². The molecule has 4 atom stereocenters. The van der Waals surface area contributed by atoms with Crippen molar-refractivity contribution in [3.63, 3.8) is 0 Å². The lowest BCUT2D eigenvalue weighted by molar-refractivity contribution is -0.147. The average molecular weight is 496 g/mol. The predicted octanol–water partition coefficient (Wildman–Crippen LogP) is 3.22. The summed E-state index contributed by atoms with van der Waals surface area (Å²) in [7, 11) is 0. The van der Waals surface area contributed by atoms with E-state index in [-0.39, 0.29) is 11.9 Å². The number of H-pyrrole nitrogens is 1. The van der Waals surface area contributed by atoms with Crippen LogP contribution in [-0.2, 0) is 15.0 Å². The van der Waals surface area contributed by atoms with E-state index >= 15 is 0 Å². The van der Waals surface area contributed by atoms with Crippen molar-refractivity contribution in [1.82, 2.24) is 19.9 Å². The zero-order chi connectivity index (χ0) is 24.3. The Morgan fingerprint density at radius 3 is 2.60 bits per heavy atom. The highest BCUT2D eigenvalue weighted by Crippen LogP contribution is 2.48. The molecule has 2 saturated carbocycles. The van der Waals surface area contributed by atoms with Gasteiger partial charge in [0.15, 0.2) is 0 Å². The SMILES string of the molecule is C[C@H](O)C(=O)N1C[C@H]2CC(Nc3c(-c4ncc(C5(C(=O)O)CCC5)s4)cnc4[nH]ccc34)C[C@H]2C1. The van der Waals surface area contributed by atoms with Gasteiger partial charge in [0.2, 0.25) is 0 Å². The second kappa shape index (κ2) is 8.30. The summed E-state index contributed by atoms with van der Waals surface area (Å²) in [5.41, 5.74) is 1.85. The number of hydrogen-bond acceptors (Lipinski definition) is 7. The molecule has 6 rings (SSSR count). The molecule has 0 radical (unpaired) electrons. The molecular formula is C25H29N5O4S. The van der Waals surface area contributed by atoms with Gasteiger partial charge in [0, 0.05) is 48.0 Å². The summed E-state index contributed by atoms with van der Waals surface area (Å²) in [4.78, 5) is 39.2. The Hall–Kier alpha value is -2.98. The van der Waals surface area contributed by atoms with E-state index in [0.29, 0.717) is 37.8 Å². The Bertz CT molecular complexity index is 1280. The van der Waals surface area contributed by atoms with Gasteiger partial charge in [-0.1, -0.05) is 6.42 Å². The van der Waals surface area contributed by atoms with E-state index in [0.717, 1.165) is 51.4 Å². The summed E-state index contributed by atoms with van der Waals surface area (Å²) >= 11 is 1.45. The predicted molar refractivity (Wildman–Crippen MR) is 132 cm³/mol. The molecule has 4 N–H and O–H groups in total. The molecule has 1 unspecified atom stereocenters. The highest BCUT2D eigenvalue weighted by molar-refractivity contribution is 7.15. The van der Waals surface area contributed by atoms with Crippen LogP contribution in [-0.4, -0.2) is 67.2 Å². The van der Waals surface area contributed by atoms with E-state index in [2.05, 4.69) is 20.3 Å². The van der Waals surface area contributed by atoms with Crippen molar-refractivity contribution in [2.45, 2.75) is 56.6 Å². The molecule has 184 valence electrons. The molecule has 3 aromatic rings. The molecule has 3 aliphatic rings. The second-order valence-electron chi connectivity index (χ2n) is 10.3. The number of anilines is 1. The fraction of sp³-hybridized carbons (Fsp3) is 0.520. The van der Waals surface area contributed by atoms with Crippen LogP contribution in [0.15, 0.2) is 24.7 Å². The number of aliphatic hydroxyl groups excluding tert-OH is 1. The molecular weight excluding hydrogens is 466 g/mol. The summed E-state index contributed by atoms with van der Waals surface area (Å²) < 4.78 is 0. The molecule has 9 nitrogen and oxygen atoms in total. The van der Waals surface area contributed by atoms with Crippen molar-refractivity contribution >= 4 is 39.9 Å². The summed E-state index contributed by atoms with van der Waals surface area (Å²) in [6.45, 7) is 2.92. The molecule has 4 heterocycles. The topological polar surface area (TPSA) is 131 Å². The number of nitrogens with zero attached hydrogens (tertiary/aromatic N) is 3. The number of nitrogens with one attached hydrogen (secondary N) is 2. The number of aromatic amines is 1. The number of aromatic nitrogens is 3. The zero-order valence-corrected chi connectivity index (χ0v) is 20.3. The Morgan fingerprint density at radius 2 is 1.97 bits per heavy atom. The fourth-order valence-corrected chi connectivity index (χ4v) is 7.28. The van der Waals surface area contributed by atoms with Crippen LogP contribution < -0.4 is 5.32 Å². The first-order chi connectivity index (χ1) is 16.9. The third-order valence-corrected chi connectivity index (χ3v) is 9.41. The number of carbonyl (C=O) groups is 2. The number of aliphatic carboxylic acids is 1. The van der Waals surface area contributed by atoms with E-state index in [1.54, 1.807) is 11.1 Å². The van der Waals surface area contributed by atoms with E-state index in [1.165, 1.54) is 18.3 Å². The lowest BCUT2D eigenvalue weighted by atomic mass is 9.68. The molecule has 10 heteroatoms. The first-order valence-corrected chi connectivity index (χ1v) is 13.1. The number of thiazole rings is 1. The van der Waals surface area contributed by atoms with Crippen LogP contribution in [0.3, 0.4) is 0 Å². The maximum atomic E-state index is 12.2. The van der Waals surface area contributed by atoms with E-state index in [9.17, 15) is 19.8 Å². The fourth-order valence-electron chi connectivity index (χ4n) is 6.11. The van der Waals surface area contributed by atoms with Crippen molar-refractivity contribution in [3.8, 4) is 10.6 Å².